The number of hydrogen-bond donors (Lipinski definition) is 2. The Morgan fingerprint density at radius 2 is 2.47 bits per heavy atom. The number of aromatic nitrogens is 1. The van der Waals surface area contributed by atoms with E-state index >= 15 is 0 Å². The van der Waals surface area contributed by atoms with Gasteiger partial charge in [0.05, 0.1) is 18.2 Å². The molecule has 0 saturated heterocycles. The maximum atomic E-state index is 13.1. The summed E-state index contributed by atoms with van der Waals surface area (Å²) in [6, 6.07) is 2.48. The molecule has 0 aromatic carbocycles. The molecule has 1 amide bonds. The number of aliphatic hydroxyl groups excluding tert-OH is 1. The lowest BCUT2D eigenvalue weighted by molar-refractivity contribution is 0.0910. The number of rotatable bonds is 4. The molecule has 1 rings (SSSR count). The zero-order valence-electron chi connectivity index (χ0n) is 8.40. The number of nitrogens with zero attached hydrogens (tertiary/aromatic N) is 1. The lowest BCUT2D eigenvalue weighted by Gasteiger charge is -2.13. The van der Waals surface area contributed by atoms with Gasteiger partial charge in [0.25, 0.3) is 5.91 Å². The molecular formula is C10H13FN2O2. The number of carbonyl (C=O) groups excluding carboxylic acids is 1. The number of nitrogens with one attached hydrogen (secondary N) is 1. The molecule has 0 saturated carbocycles. The third-order valence-electron chi connectivity index (χ3n) is 2.05. The molecule has 1 aromatic heterocycles. The van der Waals surface area contributed by atoms with Crippen LogP contribution in [0.5, 0.6) is 0 Å². The van der Waals surface area contributed by atoms with Crippen molar-refractivity contribution in [3.8, 4) is 0 Å². The Morgan fingerprint density at radius 3 is 3.00 bits per heavy atom. The number of hydrogen-bond acceptors (Lipinski definition) is 3. The Bertz CT molecular complexity index is 340. The van der Waals surface area contributed by atoms with Gasteiger partial charge in [-0.2, -0.15) is 4.39 Å². The minimum atomic E-state index is -0.803. The van der Waals surface area contributed by atoms with Crippen molar-refractivity contribution in [2.24, 2.45) is 0 Å². The van der Waals surface area contributed by atoms with Crippen LogP contribution < -0.4 is 5.32 Å². The second kappa shape index (κ2) is 5.41. The molecule has 0 aliphatic carbocycles. The first-order valence-electron chi connectivity index (χ1n) is 4.71. The SMILES string of the molecule is CCC(CO)NC(=O)c1cccnc1F. The van der Waals surface area contributed by atoms with Crippen LogP contribution in [0.1, 0.15) is 23.7 Å². The van der Waals surface area contributed by atoms with Gasteiger partial charge in [-0.15, -0.1) is 0 Å². The van der Waals surface area contributed by atoms with Gasteiger partial charge in [0.1, 0.15) is 0 Å². The zero-order valence-corrected chi connectivity index (χ0v) is 8.40. The predicted molar refractivity (Wildman–Crippen MR) is 52.8 cm³/mol. The van der Waals surface area contributed by atoms with E-state index in [2.05, 4.69) is 10.3 Å². The fourth-order valence-electron chi connectivity index (χ4n) is 1.10. The van der Waals surface area contributed by atoms with Crippen molar-refractivity contribution in [1.29, 1.82) is 0 Å². The van der Waals surface area contributed by atoms with Crippen LogP contribution in [0.4, 0.5) is 4.39 Å². The first-order chi connectivity index (χ1) is 7.19. The minimum absolute atomic E-state index is 0.107. The molecule has 1 atom stereocenters. The van der Waals surface area contributed by atoms with Gasteiger partial charge < -0.3 is 10.4 Å². The van der Waals surface area contributed by atoms with Crippen LogP contribution in [-0.2, 0) is 0 Å². The Balaban J connectivity index is 2.73. The molecule has 5 heteroatoms. The second-order valence-electron chi connectivity index (χ2n) is 3.10. The van der Waals surface area contributed by atoms with Crippen molar-refractivity contribution in [2.75, 3.05) is 6.61 Å². The Morgan fingerprint density at radius 1 is 1.73 bits per heavy atom. The van der Waals surface area contributed by atoms with Crippen molar-refractivity contribution in [3.63, 3.8) is 0 Å². The summed E-state index contributed by atoms with van der Waals surface area (Å²) in [5.41, 5.74) is -0.107. The number of carbonyl (C=O) groups is 1. The highest BCUT2D eigenvalue weighted by atomic mass is 19.1. The third-order valence-corrected chi connectivity index (χ3v) is 2.05. The average molecular weight is 212 g/mol. The van der Waals surface area contributed by atoms with E-state index in [1.807, 2.05) is 6.92 Å². The maximum Gasteiger partial charge on any atom is 0.256 e. The van der Waals surface area contributed by atoms with Crippen LogP contribution in [0, 0.1) is 5.95 Å². The predicted octanol–water partition coefficient (Wildman–Crippen LogP) is 0.721. The molecule has 0 spiro atoms. The van der Waals surface area contributed by atoms with Crippen LogP contribution in [0.2, 0.25) is 0 Å². The Kier molecular flexibility index (Phi) is 4.17. The van der Waals surface area contributed by atoms with Crippen LogP contribution in [0.3, 0.4) is 0 Å². The Hall–Kier alpha value is -1.49. The molecule has 0 aliphatic heterocycles. The molecule has 82 valence electrons. The van der Waals surface area contributed by atoms with E-state index in [1.54, 1.807) is 0 Å². The van der Waals surface area contributed by atoms with E-state index in [9.17, 15) is 9.18 Å². The summed E-state index contributed by atoms with van der Waals surface area (Å²) in [5, 5.41) is 11.4. The van der Waals surface area contributed by atoms with Gasteiger partial charge in [-0.05, 0) is 18.6 Å². The van der Waals surface area contributed by atoms with Gasteiger partial charge in [-0.25, -0.2) is 4.98 Å². The van der Waals surface area contributed by atoms with Gasteiger partial charge in [0, 0.05) is 6.20 Å². The number of halogens is 1. The van der Waals surface area contributed by atoms with E-state index in [0.29, 0.717) is 6.42 Å². The quantitative estimate of drug-likeness (QED) is 0.723. The van der Waals surface area contributed by atoms with Crippen molar-refractivity contribution in [3.05, 3.63) is 29.8 Å². The fraction of sp³-hybridized carbons (Fsp3) is 0.400. The summed E-state index contributed by atoms with van der Waals surface area (Å²) < 4.78 is 13.1. The molecule has 0 aliphatic rings. The van der Waals surface area contributed by atoms with Gasteiger partial charge in [0.2, 0.25) is 5.95 Å². The topological polar surface area (TPSA) is 62.2 Å². The van der Waals surface area contributed by atoms with Crippen molar-refractivity contribution >= 4 is 5.91 Å². The second-order valence-corrected chi connectivity index (χ2v) is 3.10. The maximum absolute atomic E-state index is 13.1. The molecule has 0 bridgehead atoms. The number of pyridine rings is 1. The van der Waals surface area contributed by atoms with Crippen molar-refractivity contribution < 1.29 is 14.3 Å². The summed E-state index contributed by atoms with van der Waals surface area (Å²) in [5.74, 6) is -1.36. The zero-order chi connectivity index (χ0) is 11.3. The monoisotopic (exact) mass is 212 g/mol. The lowest BCUT2D eigenvalue weighted by atomic mass is 10.2. The number of aliphatic hydroxyl groups is 1. The van der Waals surface area contributed by atoms with E-state index in [-0.39, 0.29) is 18.2 Å². The van der Waals surface area contributed by atoms with E-state index in [1.165, 1.54) is 18.3 Å². The molecule has 1 heterocycles. The van der Waals surface area contributed by atoms with Crippen LogP contribution >= 0.6 is 0 Å². The summed E-state index contributed by atoms with van der Waals surface area (Å²) >= 11 is 0. The van der Waals surface area contributed by atoms with Crippen LogP contribution in [-0.4, -0.2) is 28.6 Å². The van der Waals surface area contributed by atoms with Gasteiger partial charge >= 0.3 is 0 Å². The number of amides is 1. The highest BCUT2D eigenvalue weighted by Crippen LogP contribution is 2.03. The fourth-order valence-corrected chi connectivity index (χ4v) is 1.10. The molecule has 0 radical (unpaired) electrons. The van der Waals surface area contributed by atoms with Gasteiger partial charge in [0.15, 0.2) is 0 Å². The molecule has 1 aromatic rings. The molecule has 0 fully saturated rings. The standard InChI is InChI=1S/C10H13FN2O2/c1-2-7(6-14)13-10(15)8-4-3-5-12-9(8)11/h3-5,7,14H,2,6H2,1H3,(H,13,15). The summed E-state index contributed by atoms with van der Waals surface area (Å²) in [4.78, 5) is 14.9. The first kappa shape index (κ1) is 11.6. The van der Waals surface area contributed by atoms with Gasteiger partial charge in [-0.1, -0.05) is 6.92 Å². The smallest absolute Gasteiger partial charge is 0.256 e. The summed E-state index contributed by atoms with van der Waals surface area (Å²) in [6.45, 7) is 1.66. The third kappa shape index (κ3) is 2.99. The van der Waals surface area contributed by atoms with Gasteiger partial charge in [-0.3, -0.25) is 4.79 Å². The highest BCUT2D eigenvalue weighted by molar-refractivity contribution is 5.94. The molecule has 4 nitrogen and oxygen atoms in total. The summed E-state index contributed by atoms with van der Waals surface area (Å²) in [7, 11) is 0. The molecular weight excluding hydrogens is 199 g/mol. The minimum Gasteiger partial charge on any atom is -0.394 e. The molecule has 1 unspecified atom stereocenters. The average Bonchev–Trinajstić information content (AvgIpc) is 2.26. The van der Waals surface area contributed by atoms with E-state index in [0.717, 1.165) is 0 Å². The van der Waals surface area contributed by atoms with E-state index in [4.69, 9.17) is 5.11 Å². The summed E-state index contributed by atoms with van der Waals surface area (Å²) in [6.07, 6.45) is 1.86. The van der Waals surface area contributed by atoms with Crippen molar-refractivity contribution in [1.82, 2.24) is 10.3 Å². The molecule has 15 heavy (non-hydrogen) atoms. The normalized spacial score (nSPS) is 12.2. The molecule has 2 N–H and O–H groups in total. The van der Waals surface area contributed by atoms with Crippen molar-refractivity contribution in [2.45, 2.75) is 19.4 Å². The first-order valence-corrected chi connectivity index (χ1v) is 4.71. The van der Waals surface area contributed by atoms with E-state index < -0.39 is 11.9 Å². The lowest BCUT2D eigenvalue weighted by Crippen LogP contribution is -2.37. The van der Waals surface area contributed by atoms with Crippen LogP contribution in [0.25, 0.3) is 0 Å². The van der Waals surface area contributed by atoms with Crippen LogP contribution in [0.15, 0.2) is 18.3 Å². The highest BCUT2D eigenvalue weighted by Gasteiger charge is 2.14. The largest absolute Gasteiger partial charge is 0.394 e. The Labute approximate surface area is 87.1 Å².